The van der Waals surface area contributed by atoms with Gasteiger partial charge in [-0.25, -0.2) is 4.98 Å². The topological polar surface area (TPSA) is 54.7 Å². The lowest BCUT2D eigenvalue weighted by Crippen LogP contribution is -2.11. The number of aryl methyl sites for hydroxylation is 1. The summed E-state index contributed by atoms with van der Waals surface area (Å²) >= 11 is 1.76. The second-order valence-electron chi connectivity index (χ2n) is 3.91. The summed E-state index contributed by atoms with van der Waals surface area (Å²) < 4.78 is 0. The van der Waals surface area contributed by atoms with Gasteiger partial charge in [0.25, 0.3) is 0 Å². The number of nitrogens with one attached hydrogen (secondary N) is 1. The molecule has 0 fully saturated rings. The van der Waals surface area contributed by atoms with Gasteiger partial charge in [-0.1, -0.05) is 6.92 Å². The van der Waals surface area contributed by atoms with Crippen molar-refractivity contribution in [2.24, 2.45) is 5.73 Å². The average molecular weight is 235 g/mol. The zero-order valence-corrected chi connectivity index (χ0v) is 10.5. The number of nitrogens with zero attached hydrogens (tertiary/aromatic N) is 1. The van der Waals surface area contributed by atoms with E-state index >= 15 is 0 Å². The van der Waals surface area contributed by atoms with Crippen LogP contribution in [0.1, 0.15) is 29.8 Å². The summed E-state index contributed by atoms with van der Waals surface area (Å²) in [6, 6.07) is 2.05. The summed E-state index contributed by atoms with van der Waals surface area (Å²) in [5.41, 5.74) is 8.07. The quantitative estimate of drug-likeness (QED) is 0.856. The maximum Gasteiger partial charge on any atom is 0.125 e. The number of aromatic amines is 1. The molecular formula is C12H17N3S. The van der Waals surface area contributed by atoms with Gasteiger partial charge < -0.3 is 10.7 Å². The highest BCUT2D eigenvalue weighted by molar-refractivity contribution is 7.15. The fourth-order valence-corrected chi connectivity index (χ4v) is 3.09. The Labute approximate surface area is 99.7 Å². The van der Waals surface area contributed by atoms with Crippen LogP contribution in [0.25, 0.3) is 10.6 Å². The third-order valence-electron chi connectivity index (χ3n) is 2.83. The molecule has 0 bridgehead atoms. The van der Waals surface area contributed by atoms with E-state index in [1.807, 2.05) is 18.5 Å². The minimum Gasteiger partial charge on any atom is -0.367 e. The maximum absolute atomic E-state index is 5.78. The van der Waals surface area contributed by atoms with Gasteiger partial charge in [-0.15, -0.1) is 11.3 Å². The van der Waals surface area contributed by atoms with Crippen LogP contribution in [-0.4, -0.2) is 16.5 Å². The Morgan fingerprint density at radius 3 is 2.94 bits per heavy atom. The third kappa shape index (κ3) is 2.03. The van der Waals surface area contributed by atoms with Crippen LogP contribution in [0.5, 0.6) is 0 Å². The van der Waals surface area contributed by atoms with Gasteiger partial charge in [0.1, 0.15) is 5.01 Å². The van der Waals surface area contributed by atoms with Crippen molar-refractivity contribution in [2.45, 2.75) is 26.2 Å². The Kier molecular flexibility index (Phi) is 3.41. The Morgan fingerprint density at radius 2 is 2.38 bits per heavy atom. The molecule has 1 atom stereocenters. The first kappa shape index (κ1) is 11.4. The van der Waals surface area contributed by atoms with E-state index in [1.54, 1.807) is 11.3 Å². The van der Waals surface area contributed by atoms with E-state index in [0.717, 1.165) is 22.7 Å². The van der Waals surface area contributed by atoms with Crippen molar-refractivity contribution in [2.75, 3.05) is 6.54 Å². The molecule has 16 heavy (non-hydrogen) atoms. The summed E-state index contributed by atoms with van der Waals surface area (Å²) in [6.45, 7) is 4.94. The van der Waals surface area contributed by atoms with Crippen LogP contribution < -0.4 is 5.73 Å². The molecule has 3 nitrogen and oxygen atoms in total. The SMILES string of the molecule is CCC(CN)c1sc(-c2cc[nH]c2)nc1C. The molecule has 2 rings (SSSR count). The van der Waals surface area contributed by atoms with Crippen molar-refractivity contribution in [3.05, 3.63) is 29.0 Å². The highest BCUT2D eigenvalue weighted by atomic mass is 32.1. The molecule has 4 heteroatoms. The monoisotopic (exact) mass is 235 g/mol. The van der Waals surface area contributed by atoms with Gasteiger partial charge in [0.05, 0.1) is 5.69 Å². The molecule has 2 aromatic heterocycles. The van der Waals surface area contributed by atoms with Crippen LogP contribution >= 0.6 is 11.3 Å². The first-order valence-electron chi connectivity index (χ1n) is 5.56. The number of rotatable bonds is 4. The zero-order valence-electron chi connectivity index (χ0n) is 9.66. The van der Waals surface area contributed by atoms with Gasteiger partial charge in [0.2, 0.25) is 0 Å². The van der Waals surface area contributed by atoms with Crippen LogP contribution in [0.4, 0.5) is 0 Å². The first-order chi connectivity index (χ1) is 7.76. The molecule has 0 saturated carbocycles. The molecule has 1 unspecified atom stereocenters. The zero-order chi connectivity index (χ0) is 11.5. The molecule has 0 saturated heterocycles. The van der Waals surface area contributed by atoms with Crippen LogP contribution in [-0.2, 0) is 0 Å². The predicted molar refractivity (Wildman–Crippen MR) is 68.7 cm³/mol. The van der Waals surface area contributed by atoms with E-state index in [-0.39, 0.29) is 0 Å². The second-order valence-corrected chi connectivity index (χ2v) is 4.94. The van der Waals surface area contributed by atoms with E-state index in [2.05, 4.69) is 23.8 Å². The molecule has 3 N–H and O–H groups in total. The molecular weight excluding hydrogens is 218 g/mol. The minimum atomic E-state index is 0.449. The van der Waals surface area contributed by atoms with Crippen molar-refractivity contribution in [3.8, 4) is 10.6 Å². The van der Waals surface area contributed by atoms with Gasteiger partial charge in [-0.05, 0) is 19.4 Å². The summed E-state index contributed by atoms with van der Waals surface area (Å²) in [7, 11) is 0. The van der Waals surface area contributed by atoms with Crippen LogP contribution in [0.3, 0.4) is 0 Å². The van der Waals surface area contributed by atoms with Crippen molar-refractivity contribution < 1.29 is 0 Å². The number of thiazole rings is 1. The Bertz CT molecular complexity index is 441. The van der Waals surface area contributed by atoms with Gasteiger partial charge in [-0.3, -0.25) is 0 Å². The normalized spacial score (nSPS) is 12.9. The number of H-pyrrole nitrogens is 1. The lowest BCUT2D eigenvalue weighted by atomic mass is 10.0. The van der Waals surface area contributed by atoms with E-state index in [9.17, 15) is 0 Å². The van der Waals surface area contributed by atoms with Crippen molar-refractivity contribution >= 4 is 11.3 Å². The highest BCUT2D eigenvalue weighted by Crippen LogP contribution is 2.33. The third-order valence-corrected chi connectivity index (χ3v) is 4.19. The summed E-state index contributed by atoms with van der Waals surface area (Å²) in [6.07, 6.45) is 4.98. The fraction of sp³-hybridized carbons (Fsp3) is 0.417. The molecule has 0 spiro atoms. The maximum atomic E-state index is 5.78. The van der Waals surface area contributed by atoms with Crippen LogP contribution in [0.2, 0.25) is 0 Å². The predicted octanol–water partition coefficient (Wildman–Crippen LogP) is 2.90. The lowest BCUT2D eigenvalue weighted by molar-refractivity contribution is 0.680. The summed E-state index contributed by atoms with van der Waals surface area (Å²) in [5, 5.41) is 1.08. The largest absolute Gasteiger partial charge is 0.367 e. The molecule has 2 heterocycles. The number of nitrogens with two attached hydrogens (primary N) is 1. The van der Waals surface area contributed by atoms with Crippen molar-refractivity contribution in [3.63, 3.8) is 0 Å². The fourth-order valence-electron chi connectivity index (χ4n) is 1.83. The van der Waals surface area contributed by atoms with E-state index < -0.39 is 0 Å². The average Bonchev–Trinajstić information content (AvgIpc) is 2.90. The molecule has 0 aromatic carbocycles. The number of hydrogen-bond acceptors (Lipinski definition) is 3. The Hall–Kier alpha value is -1.13. The molecule has 0 aliphatic rings. The van der Waals surface area contributed by atoms with Crippen molar-refractivity contribution in [1.82, 2.24) is 9.97 Å². The molecule has 0 amide bonds. The highest BCUT2D eigenvalue weighted by Gasteiger charge is 2.16. The van der Waals surface area contributed by atoms with Crippen molar-refractivity contribution in [1.29, 1.82) is 0 Å². The lowest BCUT2D eigenvalue weighted by Gasteiger charge is -2.09. The molecule has 0 aliphatic carbocycles. The number of hydrogen-bond donors (Lipinski definition) is 2. The Balaban J connectivity index is 2.35. The van der Waals surface area contributed by atoms with E-state index in [1.165, 1.54) is 4.88 Å². The first-order valence-corrected chi connectivity index (χ1v) is 6.38. The van der Waals surface area contributed by atoms with Gasteiger partial charge in [0.15, 0.2) is 0 Å². The smallest absolute Gasteiger partial charge is 0.125 e. The van der Waals surface area contributed by atoms with Gasteiger partial charge in [0, 0.05) is 35.3 Å². The summed E-state index contributed by atoms with van der Waals surface area (Å²) in [5.74, 6) is 0.449. The van der Waals surface area contributed by atoms with E-state index in [4.69, 9.17) is 5.73 Å². The second kappa shape index (κ2) is 4.80. The molecule has 0 radical (unpaired) electrons. The van der Waals surface area contributed by atoms with Gasteiger partial charge in [-0.2, -0.15) is 0 Å². The van der Waals surface area contributed by atoms with Crippen LogP contribution in [0, 0.1) is 6.92 Å². The standard InChI is InChI=1S/C12H17N3S/c1-3-9(6-13)11-8(2)15-12(16-11)10-4-5-14-7-10/h4-5,7,9,14H,3,6,13H2,1-2H3. The molecule has 86 valence electrons. The molecule has 2 aromatic rings. The number of aromatic nitrogens is 2. The minimum absolute atomic E-state index is 0.449. The molecule has 0 aliphatic heterocycles. The van der Waals surface area contributed by atoms with E-state index in [0.29, 0.717) is 12.5 Å². The Morgan fingerprint density at radius 1 is 1.56 bits per heavy atom. The van der Waals surface area contributed by atoms with Gasteiger partial charge >= 0.3 is 0 Å². The summed E-state index contributed by atoms with van der Waals surface area (Å²) in [4.78, 5) is 9.00. The van der Waals surface area contributed by atoms with Crippen LogP contribution in [0.15, 0.2) is 18.5 Å².